The van der Waals surface area contributed by atoms with Crippen molar-refractivity contribution in [3.63, 3.8) is 0 Å². The van der Waals surface area contributed by atoms with Gasteiger partial charge in [0.1, 0.15) is 5.82 Å². The number of rotatable bonds is 4. The molecule has 0 spiro atoms. The molecule has 1 aromatic heterocycles. The van der Waals surface area contributed by atoms with Gasteiger partial charge in [-0.25, -0.2) is 14.3 Å². The molecule has 0 fully saturated rings. The van der Waals surface area contributed by atoms with E-state index in [1.54, 1.807) is 26.1 Å². The van der Waals surface area contributed by atoms with Crippen LogP contribution in [-0.2, 0) is 11.3 Å². The molecule has 2 heterocycles. The Morgan fingerprint density at radius 3 is 2.67 bits per heavy atom. The van der Waals surface area contributed by atoms with Gasteiger partial charge in [-0.3, -0.25) is 5.32 Å². The largest absolute Gasteiger partial charge is 0.462 e. The molecule has 0 saturated heterocycles. The van der Waals surface area contributed by atoms with Gasteiger partial charge in [-0.1, -0.05) is 0 Å². The Morgan fingerprint density at radius 1 is 1.25 bits per heavy atom. The summed E-state index contributed by atoms with van der Waals surface area (Å²) in [5, 5.41) is 9.51. The number of aromatic nitrogens is 2. The van der Waals surface area contributed by atoms with Crippen LogP contribution < -0.4 is 15.5 Å². The van der Waals surface area contributed by atoms with Gasteiger partial charge in [-0.15, -0.1) is 0 Å². The summed E-state index contributed by atoms with van der Waals surface area (Å²) >= 11 is 0. The van der Waals surface area contributed by atoms with Gasteiger partial charge in [0.05, 0.1) is 18.7 Å². The number of urea groups is 1. The number of hydrogen-bond donors (Lipinski definition) is 2. The van der Waals surface area contributed by atoms with Gasteiger partial charge in [0.15, 0.2) is 5.82 Å². The van der Waals surface area contributed by atoms with E-state index in [1.165, 1.54) is 0 Å². The van der Waals surface area contributed by atoms with Crippen LogP contribution in [0.2, 0.25) is 0 Å². The van der Waals surface area contributed by atoms with Crippen LogP contribution in [0.15, 0.2) is 30.3 Å². The van der Waals surface area contributed by atoms with Gasteiger partial charge in [0, 0.05) is 25.3 Å². The molecule has 2 aromatic rings. The second-order valence-corrected chi connectivity index (χ2v) is 5.23. The molecule has 0 aliphatic carbocycles. The van der Waals surface area contributed by atoms with E-state index in [1.807, 2.05) is 22.9 Å². The number of nitrogens with one attached hydrogen (secondary N) is 2. The van der Waals surface area contributed by atoms with Crippen LogP contribution in [0, 0.1) is 0 Å². The molecule has 3 rings (SSSR count). The number of carbonyl (C=O) groups excluding carboxylic acids is 2. The Labute approximate surface area is 139 Å². The number of hydrogen-bond acceptors (Lipinski definition) is 5. The topological polar surface area (TPSA) is 88.5 Å². The van der Waals surface area contributed by atoms with Crippen LogP contribution in [0.25, 0.3) is 0 Å². The standard InChI is InChI=1S/C16H19N5O3/c1-3-24-15(22)11-4-6-12(7-5-11)20-8-9-21-14(20)10-13(19-21)18-16(23)17-2/h4-7,10H,3,8-9H2,1-2H3,(H2,17,18,19,23). The molecule has 1 aliphatic heterocycles. The number of ether oxygens (including phenoxy) is 1. The number of anilines is 3. The van der Waals surface area contributed by atoms with Crippen molar-refractivity contribution in [2.75, 3.05) is 30.4 Å². The number of amides is 2. The van der Waals surface area contributed by atoms with E-state index in [0.29, 0.717) is 18.0 Å². The molecule has 2 N–H and O–H groups in total. The van der Waals surface area contributed by atoms with Crippen molar-refractivity contribution in [2.24, 2.45) is 0 Å². The first-order valence-corrected chi connectivity index (χ1v) is 7.73. The summed E-state index contributed by atoms with van der Waals surface area (Å²) in [6.45, 7) is 3.64. The quantitative estimate of drug-likeness (QED) is 0.837. The van der Waals surface area contributed by atoms with Gasteiger partial charge in [0.25, 0.3) is 0 Å². The predicted molar refractivity (Wildman–Crippen MR) is 89.7 cm³/mol. The van der Waals surface area contributed by atoms with Gasteiger partial charge >= 0.3 is 12.0 Å². The molecule has 0 atom stereocenters. The van der Waals surface area contributed by atoms with Crippen LogP contribution in [0.3, 0.4) is 0 Å². The SMILES string of the molecule is CCOC(=O)c1ccc(N2CCn3nc(NC(=O)NC)cc32)cc1. The van der Waals surface area contributed by atoms with Crippen molar-refractivity contribution in [2.45, 2.75) is 13.5 Å². The first-order valence-electron chi connectivity index (χ1n) is 7.73. The predicted octanol–water partition coefficient (Wildman–Crippen LogP) is 1.96. The first kappa shape index (κ1) is 15.9. The number of fused-ring (bicyclic) bond motifs is 1. The smallest absolute Gasteiger partial charge is 0.338 e. The number of carbonyl (C=O) groups is 2. The number of nitrogens with zero attached hydrogens (tertiary/aromatic N) is 3. The molecule has 126 valence electrons. The second kappa shape index (κ2) is 6.61. The maximum atomic E-state index is 11.7. The van der Waals surface area contributed by atoms with E-state index < -0.39 is 0 Å². The number of esters is 1. The molecule has 1 aliphatic rings. The monoisotopic (exact) mass is 329 g/mol. The minimum absolute atomic E-state index is 0.308. The zero-order chi connectivity index (χ0) is 17.1. The van der Waals surface area contributed by atoms with E-state index in [0.717, 1.165) is 24.6 Å². The Bertz CT molecular complexity index is 754. The lowest BCUT2D eigenvalue weighted by atomic mass is 10.2. The van der Waals surface area contributed by atoms with Gasteiger partial charge in [-0.2, -0.15) is 5.10 Å². The van der Waals surface area contributed by atoms with Crippen molar-refractivity contribution in [3.8, 4) is 0 Å². The minimum atomic E-state index is -0.326. The lowest BCUT2D eigenvalue weighted by Crippen LogP contribution is -2.24. The van der Waals surface area contributed by atoms with E-state index in [9.17, 15) is 9.59 Å². The molecule has 24 heavy (non-hydrogen) atoms. The lowest BCUT2D eigenvalue weighted by molar-refractivity contribution is 0.0526. The molecule has 8 heteroatoms. The Morgan fingerprint density at radius 2 is 2.00 bits per heavy atom. The third-order valence-electron chi connectivity index (χ3n) is 3.73. The zero-order valence-electron chi connectivity index (χ0n) is 13.6. The third kappa shape index (κ3) is 3.03. The average Bonchev–Trinajstić information content (AvgIpc) is 3.15. The highest BCUT2D eigenvalue weighted by atomic mass is 16.5. The average molecular weight is 329 g/mol. The van der Waals surface area contributed by atoms with Crippen molar-refractivity contribution in [3.05, 3.63) is 35.9 Å². The molecule has 2 amide bonds. The van der Waals surface area contributed by atoms with E-state index in [4.69, 9.17) is 4.74 Å². The Balaban J connectivity index is 1.78. The van der Waals surface area contributed by atoms with Crippen molar-refractivity contribution < 1.29 is 14.3 Å². The maximum absolute atomic E-state index is 11.7. The van der Waals surface area contributed by atoms with Crippen LogP contribution in [-0.4, -0.2) is 42.0 Å². The fourth-order valence-corrected chi connectivity index (χ4v) is 2.59. The van der Waals surface area contributed by atoms with E-state index >= 15 is 0 Å². The second-order valence-electron chi connectivity index (χ2n) is 5.23. The highest BCUT2D eigenvalue weighted by molar-refractivity contribution is 5.90. The summed E-state index contributed by atoms with van der Waals surface area (Å²) < 4.78 is 6.83. The van der Waals surface area contributed by atoms with Crippen LogP contribution >= 0.6 is 0 Å². The fourth-order valence-electron chi connectivity index (χ4n) is 2.59. The van der Waals surface area contributed by atoms with Crippen molar-refractivity contribution in [1.82, 2.24) is 15.1 Å². The molecule has 1 aromatic carbocycles. The normalized spacial score (nSPS) is 12.7. The molecule has 0 bridgehead atoms. The third-order valence-corrected chi connectivity index (χ3v) is 3.73. The number of benzene rings is 1. The molecular formula is C16H19N5O3. The fraction of sp³-hybridized carbons (Fsp3) is 0.312. The van der Waals surface area contributed by atoms with Crippen LogP contribution in [0.5, 0.6) is 0 Å². The minimum Gasteiger partial charge on any atom is -0.462 e. The van der Waals surface area contributed by atoms with Gasteiger partial charge in [0.2, 0.25) is 0 Å². The lowest BCUT2D eigenvalue weighted by Gasteiger charge is -2.17. The summed E-state index contributed by atoms with van der Waals surface area (Å²) in [4.78, 5) is 25.2. The van der Waals surface area contributed by atoms with Gasteiger partial charge < -0.3 is 15.0 Å². The maximum Gasteiger partial charge on any atom is 0.338 e. The summed E-state index contributed by atoms with van der Waals surface area (Å²) in [6, 6.07) is 8.76. The summed E-state index contributed by atoms with van der Waals surface area (Å²) in [5.41, 5.74) is 1.48. The Hall–Kier alpha value is -3.03. The molecule has 0 saturated carbocycles. The Kier molecular flexibility index (Phi) is 4.37. The van der Waals surface area contributed by atoms with E-state index in [2.05, 4.69) is 20.6 Å². The van der Waals surface area contributed by atoms with E-state index in [-0.39, 0.29) is 12.0 Å². The summed E-state index contributed by atoms with van der Waals surface area (Å²) in [5.74, 6) is 1.06. The highest BCUT2D eigenvalue weighted by Crippen LogP contribution is 2.32. The van der Waals surface area contributed by atoms with Crippen LogP contribution in [0.1, 0.15) is 17.3 Å². The first-order chi connectivity index (χ1) is 11.6. The summed E-state index contributed by atoms with van der Waals surface area (Å²) in [6.07, 6.45) is 0. The van der Waals surface area contributed by atoms with Crippen molar-refractivity contribution in [1.29, 1.82) is 0 Å². The summed E-state index contributed by atoms with van der Waals surface area (Å²) in [7, 11) is 1.55. The molecule has 8 nitrogen and oxygen atoms in total. The zero-order valence-corrected chi connectivity index (χ0v) is 13.6. The molecule has 0 unspecified atom stereocenters. The van der Waals surface area contributed by atoms with Gasteiger partial charge in [-0.05, 0) is 31.2 Å². The molecule has 0 radical (unpaired) electrons. The highest BCUT2D eigenvalue weighted by Gasteiger charge is 2.23. The van der Waals surface area contributed by atoms with Crippen LogP contribution in [0.4, 0.5) is 22.1 Å². The molecular weight excluding hydrogens is 310 g/mol. The van der Waals surface area contributed by atoms with Crippen molar-refractivity contribution >= 4 is 29.3 Å².